The van der Waals surface area contributed by atoms with Gasteiger partial charge in [0.15, 0.2) is 0 Å². The Hall–Kier alpha value is -1.34. The second-order valence-electron chi connectivity index (χ2n) is 3.38. The maximum Gasteiger partial charge on any atom is 0.0705 e. The lowest BCUT2D eigenvalue weighted by Crippen LogP contribution is -1.89. The molecule has 2 rings (SSSR count). The Balaban J connectivity index is 2.44. The van der Waals surface area contributed by atoms with Crippen LogP contribution in [0.15, 0.2) is 42.5 Å². The summed E-state index contributed by atoms with van der Waals surface area (Å²) >= 11 is 5.94. The van der Waals surface area contributed by atoms with Gasteiger partial charge in [0.2, 0.25) is 0 Å². The number of pyridine rings is 1. The Morgan fingerprint density at radius 2 is 1.93 bits per heavy atom. The van der Waals surface area contributed by atoms with E-state index in [2.05, 4.69) is 11.9 Å². The van der Waals surface area contributed by atoms with Crippen LogP contribution in [0.5, 0.6) is 0 Å². The first-order valence-electron chi connectivity index (χ1n) is 5.01. The lowest BCUT2D eigenvalue weighted by Gasteiger charge is -2.03. The molecular weight excluding hydrogens is 206 g/mol. The summed E-state index contributed by atoms with van der Waals surface area (Å²) in [6, 6.07) is 13.8. The molecule has 0 bridgehead atoms. The van der Waals surface area contributed by atoms with Gasteiger partial charge >= 0.3 is 0 Å². The predicted molar refractivity (Wildman–Crippen MR) is 64.1 cm³/mol. The molecule has 1 aromatic carbocycles. The number of aryl methyl sites for hydroxylation is 1. The Kier molecular flexibility index (Phi) is 3.02. The number of nitrogens with zero attached hydrogens (tertiary/aromatic N) is 1. The van der Waals surface area contributed by atoms with Gasteiger partial charge in [-0.05, 0) is 30.7 Å². The fourth-order valence-corrected chi connectivity index (χ4v) is 1.68. The molecule has 0 amide bonds. The molecule has 0 unspecified atom stereocenters. The van der Waals surface area contributed by atoms with E-state index >= 15 is 0 Å². The lowest BCUT2D eigenvalue weighted by atomic mass is 10.1. The third kappa shape index (κ3) is 2.37. The summed E-state index contributed by atoms with van der Waals surface area (Å²) in [6.07, 6.45) is 0.953. The zero-order valence-corrected chi connectivity index (χ0v) is 9.33. The maximum atomic E-state index is 5.94. The van der Waals surface area contributed by atoms with Crippen LogP contribution in [0.1, 0.15) is 12.6 Å². The lowest BCUT2D eigenvalue weighted by molar-refractivity contribution is 1.04. The molecular formula is C13H12ClN. The molecule has 1 heterocycles. The highest BCUT2D eigenvalue weighted by Crippen LogP contribution is 2.20. The van der Waals surface area contributed by atoms with E-state index in [1.807, 2.05) is 42.5 Å². The molecule has 76 valence electrons. The van der Waals surface area contributed by atoms with Crippen molar-refractivity contribution >= 4 is 11.6 Å². The zero-order chi connectivity index (χ0) is 10.7. The van der Waals surface area contributed by atoms with Gasteiger partial charge in [-0.3, -0.25) is 4.98 Å². The highest BCUT2D eigenvalue weighted by molar-refractivity contribution is 6.30. The van der Waals surface area contributed by atoms with E-state index in [1.54, 1.807) is 0 Å². The molecule has 0 aliphatic rings. The largest absolute Gasteiger partial charge is 0.253 e. The Labute approximate surface area is 94.7 Å². The first-order valence-corrected chi connectivity index (χ1v) is 5.39. The van der Waals surface area contributed by atoms with Crippen molar-refractivity contribution in [3.05, 3.63) is 53.2 Å². The van der Waals surface area contributed by atoms with Crippen molar-refractivity contribution in [2.45, 2.75) is 13.3 Å². The van der Waals surface area contributed by atoms with Crippen LogP contribution in [0.3, 0.4) is 0 Å². The van der Waals surface area contributed by atoms with Gasteiger partial charge in [-0.25, -0.2) is 0 Å². The van der Waals surface area contributed by atoms with Crippen molar-refractivity contribution in [2.24, 2.45) is 0 Å². The molecule has 1 nitrogen and oxygen atoms in total. The van der Waals surface area contributed by atoms with Crippen molar-refractivity contribution in [3.63, 3.8) is 0 Å². The van der Waals surface area contributed by atoms with E-state index in [1.165, 1.54) is 0 Å². The van der Waals surface area contributed by atoms with Crippen molar-refractivity contribution in [1.29, 1.82) is 0 Å². The summed E-state index contributed by atoms with van der Waals surface area (Å²) in [6.45, 7) is 2.10. The van der Waals surface area contributed by atoms with Crippen LogP contribution in [0.4, 0.5) is 0 Å². The number of rotatable bonds is 2. The van der Waals surface area contributed by atoms with Gasteiger partial charge in [0.25, 0.3) is 0 Å². The summed E-state index contributed by atoms with van der Waals surface area (Å²) in [5, 5.41) is 0.746. The van der Waals surface area contributed by atoms with Crippen molar-refractivity contribution in [3.8, 4) is 11.3 Å². The third-order valence-electron chi connectivity index (χ3n) is 2.29. The van der Waals surface area contributed by atoms with Crippen LogP contribution in [-0.2, 0) is 6.42 Å². The summed E-state index contributed by atoms with van der Waals surface area (Å²) in [5.74, 6) is 0. The smallest absolute Gasteiger partial charge is 0.0705 e. The fourth-order valence-electron chi connectivity index (χ4n) is 1.49. The van der Waals surface area contributed by atoms with Gasteiger partial charge < -0.3 is 0 Å². The molecule has 0 N–H and O–H groups in total. The van der Waals surface area contributed by atoms with Crippen LogP contribution in [-0.4, -0.2) is 4.98 Å². The monoisotopic (exact) mass is 217 g/mol. The predicted octanol–water partition coefficient (Wildman–Crippen LogP) is 3.96. The first kappa shape index (κ1) is 10.2. The highest BCUT2D eigenvalue weighted by atomic mass is 35.5. The summed E-state index contributed by atoms with van der Waals surface area (Å²) in [7, 11) is 0. The normalized spacial score (nSPS) is 10.3. The van der Waals surface area contributed by atoms with Gasteiger partial charge in [-0.2, -0.15) is 0 Å². The molecule has 0 fully saturated rings. The molecule has 0 aliphatic carbocycles. The number of benzene rings is 1. The maximum absolute atomic E-state index is 5.94. The second kappa shape index (κ2) is 4.45. The van der Waals surface area contributed by atoms with Gasteiger partial charge in [0.1, 0.15) is 0 Å². The standard InChI is InChI=1S/C13H12ClN/c1-2-12-7-4-8-13(15-12)10-5-3-6-11(14)9-10/h3-9H,2H2,1H3. The van der Waals surface area contributed by atoms with E-state index in [0.717, 1.165) is 28.4 Å². The van der Waals surface area contributed by atoms with E-state index < -0.39 is 0 Å². The molecule has 0 saturated heterocycles. The molecule has 2 aromatic rings. The van der Waals surface area contributed by atoms with E-state index in [9.17, 15) is 0 Å². The van der Waals surface area contributed by atoms with E-state index in [0.29, 0.717) is 0 Å². The number of halogens is 1. The van der Waals surface area contributed by atoms with Gasteiger partial charge in [0, 0.05) is 16.3 Å². The van der Waals surface area contributed by atoms with E-state index in [4.69, 9.17) is 11.6 Å². The average molecular weight is 218 g/mol. The molecule has 0 radical (unpaired) electrons. The molecule has 0 atom stereocenters. The molecule has 0 aliphatic heterocycles. The summed E-state index contributed by atoms with van der Waals surface area (Å²) < 4.78 is 0. The van der Waals surface area contributed by atoms with Crippen molar-refractivity contribution in [1.82, 2.24) is 4.98 Å². The number of hydrogen-bond donors (Lipinski definition) is 0. The minimum absolute atomic E-state index is 0.746. The molecule has 2 heteroatoms. The second-order valence-corrected chi connectivity index (χ2v) is 3.81. The molecule has 1 aromatic heterocycles. The Bertz CT molecular complexity index is 466. The van der Waals surface area contributed by atoms with Crippen molar-refractivity contribution < 1.29 is 0 Å². The zero-order valence-electron chi connectivity index (χ0n) is 8.57. The SMILES string of the molecule is CCc1cccc(-c2cccc(Cl)c2)n1. The van der Waals surface area contributed by atoms with Crippen LogP contribution in [0.25, 0.3) is 11.3 Å². The highest BCUT2D eigenvalue weighted by Gasteiger charge is 2.00. The minimum Gasteiger partial charge on any atom is -0.253 e. The van der Waals surface area contributed by atoms with Gasteiger partial charge in [-0.15, -0.1) is 0 Å². The van der Waals surface area contributed by atoms with Crippen LogP contribution < -0.4 is 0 Å². The third-order valence-corrected chi connectivity index (χ3v) is 2.52. The summed E-state index contributed by atoms with van der Waals surface area (Å²) in [5.41, 5.74) is 3.15. The molecule has 0 saturated carbocycles. The fraction of sp³-hybridized carbons (Fsp3) is 0.154. The molecule has 15 heavy (non-hydrogen) atoms. The van der Waals surface area contributed by atoms with Gasteiger partial charge in [0.05, 0.1) is 5.69 Å². The average Bonchev–Trinajstić information content (AvgIpc) is 2.29. The van der Waals surface area contributed by atoms with Crippen molar-refractivity contribution in [2.75, 3.05) is 0 Å². The Morgan fingerprint density at radius 1 is 1.13 bits per heavy atom. The topological polar surface area (TPSA) is 12.9 Å². The number of hydrogen-bond acceptors (Lipinski definition) is 1. The Morgan fingerprint density at radius 3 is 2.67 bits per heavy atom. The summed E-state index contributed by atoms with van der Waals surface area (Å²) in [4.78, 5) is 4.54. The quantitative estimate of drug-likeness (QED) is 0.742. The van der Waals surface area contributed by atoms with Gasteiger partial charge in [-0.1, -0.05) is 36.7 Å². The van der Waals surface area contributed by atoms with E-state index in [-0.39, 0.29) is 0 Å². The number of aromatic nitrogens is 1. The minimum atomic E-state index is 0.746. The molecule has 0 spiro atoms. The van der Waals surface area contributed by atoms with Crippen LogP contribution in [0.2, 0.25) is 5.02 Å². The van der Waals surface area contributed by atoms with Crippen LogP contribution >= 0.6 is 11.6 Å². The van der Waals surface area contributed by atoms with Crippen LogP contribution in [0, 0.1) is 0 Å². The first-order chi connectivity index (χ1) is 7.29.